The van der Waals surface area contributed by atoms with E-state index in [0.29, 0.717) is 13.2 Å². The lowest BCUT2D eigenvalue weighted by Gasteiger charge is -2.24. The Morgan fingerprint density at radius 1 is 1.15 bits per heavy atom. The third-order valence-electron chi connectivity index (χ3n) is 4.05. The highest BCUT2D eigenvalue weighted by atomic mass is 16.5. The number of fused-ring (bicyclic) bond motifs is 1. The first-order valence-corrected chi connectivity index (χ1v) is 7.65. The fourth-order valence-electron chi connectivity index (χ4n) is 3.00. The number of hydrogen-bond donors (Lipinski definition) is 1. The van der Waals surface area contributed by atoms with Gasteiger partial charge in [0.05, 0.1) is 13.2 Å². The van der Waals surface area contributed by atoms with Crippen LogP contribution in [0, 0.1) is 5.41 Å². The Hall–Kier alpha value is -1.22. The molecular formula is C17H27NO2. The standard InChI is InChI=1S/C17H27NO2/c1-5-19-15-9-12-7-8-17(3,4)11-14(18)13(12)10-16(15)20-6-2/h9-10,14H,5-8,11,18H2,1-4H3. The van der Waals surface area contributed by atoms with Crippen LogP contribution in [0.3, 0.4) is 0 Å². The fraction of sp³-hybridized carbons (Fsp3) is 0.647. The number of nitrogens with two attached hydrogens (primary N) is 1. The van der Waals surface area contributed by atoms with Crippen LogP contribution in [0.15, 0.2) is 12.1 Å². The molecule has 0 saturated heterocycles. The van der Waals surface area contributed by atoms with Crippen LogP contribution >= 0.6 is 0 Å². The van der Waals surface area contributed by atoms with Crippen molar-refractivity contribution in [2.75, 3.05) is 13.2 Å². The van der Waals surface area contributed by atoms with E-state index in [4.69, 9.17) is 15.2 Å². The van der Waals surface area contributed by atoms with E-state index in [1.807, 2.05) is 13.8 Å². The van der Waals surface area contributed by atoms with Gasteiger partial charge in [-0.25, -0.2) is 0 Å². The molecule has 0 amide bonds. The first kappa shape index (κ1) is 15.2. The largest absolute Gasteiger partial charge is 0.490 e. The first-order valence-electron chi connectivity index (χ1n) is 7.65. The Morgan fingerprint density at radius 2 is 1.75 bits per heavy atom. The molecule has 1 unspecified atom stereocenters. The summed E-state index contributed by atoms with van der Waals surface area (Å²) in [5, 5.41) is 0. The van der Waals surface area contributed by atoms with Gasteiger partial charge in [0.1, 0.15) is 0 Å². The van der Waals surface area contributed by atoms with E-state index in [9.17, 15) is 0 Å². The van der Waals surface area contributed by atoms with Crippen molar-refractivity contribution in [2.24, 2.45) is 11.1 Å². The summed E-state index contributed by atoms with van der Waals surface area (Å²) in [6.07, 6.45) is 3.23. The molecule has 0 aromatic heterocycles. The molecule has 1 aromatic rings. The van der Waals surface area contributed by atoms with Crippen molar-refractivity contribution in [1.82, 2.24) is 0 Å². The SMILES string of the molecule is CCOc1cc2c(cc1OCC)C(N)CC(C)(C)CC2. The highest BCUT2D eigenvalue weighted by Gasteiger charge is 2.28. The van der Waals surface area contributed by atoms with Gasteiger partial charge < -0.3 is 15.2 Å². The number of rotatable bonds is 4. The molecule has 0 spiro atoms. The molecule has 0 saturated carbocycles. The zero-order valence-electron chi connectivity index (χ0n) is 13.2. The van der Waals surface area contributed by atoms with E-state index in [1.165, 1.54) is 11.1 Å². The van der Waals surface area contributed by atoms with Gasteiger partial charge >= 0.3 is 0 Å². The van der Waals surface area contributed by atoms with E-state index in [-0.39, 0.29) is 11.5 Å². The van der Waals surface area contributed by atoms with Crippen LogP contribution in [0.5, 0.6) is 11.5 Å². The minimum Gasteiger partial charge on any atom is -0.490 e. The van der Waals surface area contributed by atoms with Crippen molar-refractivity contribution in [3.8, 4) is 11.5 Å². The van der Waals surface area contributed by atoms with E-state index < -0.39 is 0 Å². The van der Waals surface area contributed by atoms with Crippen LogP contribution in [0.2, 0.25) is 0 Å². The van der Waals surface area contributed by atoms with Crippen molar-refractivity contribution < 1.29 is 9.47 Å². The monoisotopic (exact) mass is 277 g/mol. The molecule has 1 atom stereocenters. The predicted octanol–water partition coefficient (Wildman–Crippen LogP) is 3.85. The van der Waals surface area contributed by atoms with Crippen molar-refractivity contribution in [3.05, 3.63) is 23.3 Å². The number of ether oxygens (including phenoxy) is 2. The van der Waals surface area contributed by atoms with Crippen LogP contribution in [-0.4, -0.2) is 13.2 Å². The lowest BCUT2D eigenvalue weighted by Crippen LogP contribution is -2.19. The van der Waals surface area contributed by atoms with Crippen molar-refractivity contribution in [3.63, 3.8) is 0 Å². The van der Waals surface area contributed by atoms with Crippen molar-refractivity contribution in [2.45, 2.75) is 53.0 Å². The van der Waals surface area contributed by atoms with Crippen LogP contribution in [-0.2, 0) is 6.42 Å². The van der Waals surface area contributed by atoms with Gasteiger partial charge in [-0.05, 0) is 61.8 Å². The summed E-state index contributed by atoms with van der Waals surface area (Å²) in [7, 11) is 0. The van der Waals surface area contributed by atoms with Crippen LogP contribution < -0.4 is 15.2 Å². The maximum absolute atomic E-state index is 6.41. The Morgan fingerprint density at radius 3 is 2.35 bits per heavy atom. The highest BCUT2D eigenvalue weighted by molar-refractivity contribution is 5.49. The summed E-state index contributed by atoms with van der Waals surface area (Å²) >= 11 is 0. The number of benzene rings is 1. The summed E-state index contributed by atoms with van der Waals surface area (Å²) in [5.74, 6) is 1.67. The average Bonchev–Trinajstić information content (AvgIpc) is 2.48. The third kappa shape index (κ3) is 3.26. The Balaban J connectivity index is 2.41. The molecule has 2 N–H and O–H groups in total. The topological polar surface area (TPSA) is 44.5 Å². The molecule has 1 aliphatic carbocycles. The maximum Gasteiger partial charge on any atom is 0.161 e. The molecule has 0 bridgehead atoms. The Bertz CT molecular complexity index is 468. The minimum atomic E-state index is 0.0809. The van der Waals surface area contributed by atoms with Gasteiger partial charge in [-0.15, -0.1) is 0 Å². The van der Waals surface area contributed by atoms with E-state index in [1.54, 1.807) is 0 Å². The summed E-state index contributed by atoms with van der Waals surface area (Å²) in [6, 6.07) is 4.30. The normalized spacial score (nSPS) is 20.9. The fourth-order valence-corrected chi connectivity index (χ4v) is 3.00. The molecule has 0 fully saturated rings. The molecule has 1 aliphatic rings. The summed E-state index contributed by atoms with van der Waals surface area (Å²) in [6.45, 7) is 9.87. The van der Waals surface area contributed by atoms with E-state index >= 15 is 0 Å². The van der Waals surface area contributed by atoms with Crippen molar-refractivity contribution >= 4 is 0 Å². The molecule has 2 rings (SSSR count). The molecule has 3 nitrogen and oxygen atoms in total. The van der Waals surface area contributed by atoms with Gasteiger partial charge in [-0.1, -0.05) is 13.8 Å². The molecular weight excluding hydrogens is 250 g/mol. The maximum atomic E-state index is 6.41. The average molecular weight is 277 g/mol. The summed E-state index contributed by atoms with van der Waals surface area (Å²) in [4.78, 5) is 0. The highest BCUT2D eigenvalue weighted by Crippen LogP contribution is 2.42. The molecule has 112 valence electrons. The second kappa shape index (κ2) is 6.04. The third-order valence-corrected chi connectivity index (χ3v) is 4.05. The smallest absolute Gasteiger partial charge is 0.161 e. The quantitative estimate of drug-likeness (QED) is 0.850. The Labute approximate surface area is 122 Å². The van der Waals surface area contributed by atoms with E-state index in [0.717, 1.165) is 30.8 Å². The molecule has 0 radical (unpaired) electrons. The van der Waals surface area contributed by atoms with E-state index in [2.05, 4.69) is 26.0 Å². The predicted molar refractivity (Wildman–Crippen MR) is 82.4 cm³/mol. The number of hydrogen-bond acceptors (Lipinski definition) is 3. The zero-order valence-corrected chi connectivity index (χ0v) is 13.2. The zero-order chi connectivity index (χ0) is 14.8. The van der Waals surface area contributed by atoms with Gasteiger partial charge in [-0.2, -0.15) is 0 Å². The van der Waals surface area contributed by atoms with Crippen LogP contribution in [0.4, 0.5) is 0 Å². The van der Waals surface area contributed by atoms with Crippen LogP contribution in [0.25, 0.3) is 0 Å². The second-order valence-electron chi connectivity index (χ2n) is 6.34. The molecule has 0 heterocycles. The minimum absolute atomic E-state index is 0.0809. The number of aryl methyl sites for hydroxylation is 1. The summed E-state index contributed by atoms with van der Waals surface area (Å²) < 4.78 is 11.4. The van der Waals surface area contributed by atoms with Gasteiger partial charge in [0, 0.05) is 6.04 Å². The molecule has 3 heteroatoms. The Kier molecular flexibility index (Phi) is 4.59. The van der Waals surface area contributed by atoms with Gasteiger partial charge in [-0.3, -0.25) is 0 Å². The molecule has 1 aromatic carbocycles. The molecule has 0 aliphatic heterocycles. The lowest BCUT2D eigenvalue weighted by molar-refractivity contribution is 0.286. The lowest BCUT2D eigenvalue weighted by atomic mass is 9.83. The molecule has 20 heavy (non-hydrogen) atoms. The van der Waals surface area contributed by atoms with Crippen molar-refractivity contribution in [1.29, 1.82) is 0 Å². The van der Waals surface area contributed by atoms with Gasteiger partial charge in [0.15, 0.2) is 11.5 Å². The first-order chi connectivity index (χ1) is 9.46. The second-order valence-corrected chi connectivity index (χ2v) is 6.34. The van der Waals surface area contributed by atoms with Crippen LogP contribution in [0.1, 0.15) is 57.7 Å². The van der Waals surface area contributed by atoms with Gasteiger partial charge in [0.2, 0.25) is 0 Å². The summed E-state index contributed by atoms with van der Waals surface area (Å²) in [5.41, 5.74) is 9.24. The van der Waals surface area contributed by atoms with Gasteiger partial charge in [0.25, 0.3) is 0 Å².